The first-order chi connectivity index (χ1) is 11.9. The van der Waals surface area contributed by atoms with Crippen molar-refractivity contribution in [1.82, 2.24) is 14.8 Å². The molecule has 3 aromatic rings. The van der Waals surface area contributed by atoms with E-state index in [9.17, 15) is 0 Å². The predicted molar refractivity (Wildman–Crippen MR) is 101 cm³/mol. The van der Waals surface area contributed by atoms with Gasteiger partial charge in [-0.15, -0.1) is 16.8 Å². The first-order valence-corrected chi connectivity index (χ1v) is 9.13. The van der Waals surface area contributed by atoms with Crippen molar-refractivity contribution in [2.24, 2.45) is 0 Å². The molecular formula is C20H21N3S. The standard InChI is InChI=1S/C20H21N3S/c1-2-15-23-19(18-13-7-4-8-14-18)21-22-20(23)24-16-9-12-17-10-5-3-6-11-17/h2-8,10-11,13-14H,1,9,12,15-16H2. The van der Waals surface area contributed by atoms with Crippen molar-refractivity contribution in [2.45, 2.75) is 24.5 Å². The Hall–Kier alpha value is -2.33. The predicted octanol–water partition coefficient (Wildman–Crippen LogP) is 4.86. The van der Waals surface area contributed by atoms with Crippen LogP contribution in [0, 0.1) is 0 Å². The molecule has 0 unspecified atom stereocenters. The van der Waals surface area contributed by atoms with Crippen LogP contribution in [0.15, 0.2) is 78.5 Å². The summed E-state index contributed by atoms with van der Waals surface area (Å²) in [6, 6.07) is 20.8. The lowest BCUT2D eigenvalue weighted by molar-refractivity contribution is 0.730. The number of benzene rings is 2. The van der Waals surface area contributed by atoms with Crippen LogP contribution in [-0.4, -0.2) is 20.5 Å². The SMILES string of the molecule is C=CCn1c(SCCCc2ccccc2)nnc1-c1ccccc1. The van der Waals surface area contributed by atoms with Crippen LogP contribution < -0.4 is 0 Å². The number of hydrogen-bond donors (Lipinski definition) is 0. The fourth-order valence-corrected chi connectivity index (χ4v) is 3.46. The molecular weight excluding hydrogens is 314 g/mol. The quantitative estimate of drug-likeness (QED) is 0.335. The molecule has 0 aliphatic heterocycles. The van der Waals surface area contributed by atoms with Crippen LogP contribution in [0.5, 0.6) is 0 Å². The number of hydrogen-bond acceptors (Lipinski definition) is 3. The van der Waals surface area contributed by atoms with E-state index in [2.05, 4.69) is 63.8 Å². The summed E-state index contributed by atoms with van der Waals surface area (Å²) in [7, 11) is 0. The Labute approximate surface area is 147 Å². The number of aryl methyl sites for hydroxylation is 1. The molecule has 4 heteroatoms. The van der Waals surface area contributed by atoms with Gasteiger partial charge in [0.2, 0.25) is 0 Å². The lowest BCUT2D eigenvalue weighted by Crippen LogP contribution is -2.01. The Morgan fingerprint density at radius 1 is 0.958 bits per heavy atom. The number of nitrogens with zero attached hydrogens (tertiary/aromatic N) is 3. The zero-order valence-electron chi connectivity index (χ0n) is 13.6. The van der Waals surface area contributed by atoms with Gasteiger partial charge in [0.05, 0.1) is 0 Å². The minimum atomic E-state index is 0.720. The second-order valence-electron chi connectivity index (χ2n) is 5.51. The van der Waals surface area contributed by atoms with Gasteiger partial charge >= 0.3 is 0 Å². The third-order valence-electron chi connectivity index (χ3n) is 3.74. The molecule has 0 fully saturated rings. The van der Waals surface area contributed by atoms with Gasteiger partial charge in [0.15, 0.2) is 11.0 Å². The average molecular weight is 335 g/mol. The van der Waals surface area contributed by atoms with Gasteiger partial charge < -0.3 is 0 Å². The molecule has 0 aliphatic carbocycles. The second kappa shape index (κ2) is 8.50. The van der Waals surface area contributed by atoms with Crippen molar-refractivity contribution >= 4 is 11.8 Å². The molecule has 0 aliphatic rings. The maximum atomic E-state index is 4.39. The molecule has 0 amide bonds. The molecule has 0 saturated heterocycles. The molecule has 0 N–H and O–H groups in total. The van der Waals surface area contributed by atoms with Gasteiger partial charge in [-0.2, -0.15) is 0 Å². The summed E-state index contributed by atoms with van der Waals surface area (Å²) in [5.41, 5.74) is 2.47. The van der Waals surface area contributed by atoms with Gasteiger partial charge in [0.1, 0.15) is 0 Å². The summed E-state index contributed by atoms with van der Waals surface area (Å²) in [5.74, 6) is 1.93. The third-order valence-corrected chi connectivity index (χ3v) is 4.80. The summed E-state index contributed by atoms with van der Waals surface area (Å²) < 4.78 is 2.13. The first kappa shape index (κ1) is 16.5. The minimum Gasteiger partial charge on any atom is -0.298 e. The van der Waals surface area contributed by atoms with E-state index in [0.29, 0.717) is 0 Å². The maximum absolute atomic E-state index is 4.39. The van der Waals surface area contributed by atoms with Crippen LogP contribution in [0.3, 0.4) is 0 Å². The minimum absolute atomic E-state index is 0.720. The summed E-state index contributed by atoms with van der Waals surface area (Å²) >= 11 is 1.76. The first-order valence-electron chi connectivity index (χ1n) is 8.14. The number of thioether (sulfide) groups is 1. The highest BCUT2D eigenvalue weighted by Crippen LogP contribution is 2.24. The molecule has 0 atom stereocenters. The van der Waals surface area contributed by atoms with Crippen molar-refractivity contribution < 1.29 is 0 Å². The van der Waals surface area contributed by atoms with E-state index >= 15 is 0 Å². The van der Waals surface area contributed by atoms with Crippen molar-refractivity contribution in [2.75, 3.05) is 5.75 Å². The zero-order valence-corrected chi connectivity index (χ0v) is 14.5. The molecule has 24 heavy (non-hydrogen) atoms. The molecule has 0 bridgehead atoms. The van der Waals surface area contributed by atoms with Crippen molar-refractivity contribution in [1.29, 1.82) is 0 Å². The molecule has 0 saturated carbocycles. The Bertz CT molecular complexity index is 766. The van der Waals surface area contributed by atoms with Crippen LogP contribution in [0.2, 0.25) is 0 Å². The molecule has 3 rings (SSSR count). The highest BCUT2D eigenvalue weighted by Gasteiger charge is 2.12. The van der Waals surface area contributed by atoms with E-state index in [1.54, 1.807) is 11.8 Å². The van der Waals surface area contributed by atoms with E-state index in [-0.39, 0.29) is 0 Å². The Balaban J connectivity index is 1.65. The van der Waals surface area contributed by atoms with Gasteiger partial charge in [-0.05, 0) is 18.4 Å². The van der Waals surface area contributed by atoms with Gasteiger partial charge in [0, 0.05) is 17.9 Å². The van der Waals surface area contributed by atoms with Crippen molar-refractivity contribution in [3.05, 3.63) is 78.9 Å². The Morgan fingerprint density at radius 2 is 1.67 bits per heavy atom. The van der Waals surface area contributed by atoms with E-state index in [1.807, 2.05) is 24.3 Å². The lowest BCUT2D eigenvalue weighted by atomic mass is 10.1. The van der Waals surface area contributed by atoms with Crippen molar-refractivity contribution in [3.63, 3.8) is 0 Å². The summed E-state index contributed by atoms with van der Waals surface area (Å²) in [6.07, 6.45) is 4.11. The van der Waals surface area contributed by atoms with Crippen LogP contribution in [0.1, 0.15) is 12.0 Å². The van der Waals surface area contributed by atoms with E-state index in [0.717, 1.165) is 41.7 Å². The molecule has 1 heterocycles. The van der Waals surface area contributed by atoms with E-state index < -0.39 is 0 Å². The van der Waals surface area contributed by atoms with Gasteiger partial charge in [0.25, 0.3) is 0 Å². The fourth-order valence-electron chi connectivity index (χ4n) is 2.57. The Kier molecular flexibility index (Phi) is 5.85. The van der Waals surface area contributed by atoms with Crippen LogP contribution in [0.25, 0.3) is 11.4 Å². The topological polar surface area (TPSA) is 30.7 Å². The van der Waals surface area contributed by atoms with Gasteiger partial charge in [-0.1, -0.05) is 78.5 Å². The van der Waals surface area contributed by atoms with Crippen LogP contribution >= 0.6 is 11.8 Å². The van der Waals surface area contributed by atoms with E-state index in [1.165, 1.54) is 5.56 Å². The average Bonchev–Trinajstić information content (AvgIpc) is 3.03. The summed E-state index contributed by atoms with van der Waals surface area (Å²) in [4.78, 5) is 0. The smallest absolute Gasteiger partial charge is 0.191 e. The largest absolute Gasteiger partial charge is 0.298 e. The Morgan fingerprint density at radius 3 is 2.38 bits per heavy atom. The lowest BCUT2D eigenvalue weighted by Gasteiger charge is -2.07. The number of allylic oxidation sites excluding steroid dienone is 1. The molecule has 0 spiro atoms. The summed E-state index contributed by atoms with van der Waals surface area (Å²) in [6.45, 7) is 4.58. The third kappa shape index (κ3) is 4.15. The van der Waals surface area contributed by atoms with Crippen molar-refractivity contribution in [3.8, 4) is 11.4 Å². The maximum Gasteiger partial charge on any atom is 0.191 e. The number of aromatic nitrogens is 3. The second-order valence-corrected chi connectivity index (χ2v) is 6.57. The fraction of sp³-hybridized carbons (Fsp3) is 0.200. The normalized spacial score (nSPS) is 10.7. The molecule has 3 nitrogen and oxygen atoms in total. The van der Waals surface area contributed by atoms with E-state index in [4.69, 9.17) is 0 Å². The summed E-state index contributed by atoms with van der Waals surface area (Å²) in [5, 5.41) is 9.73. The zero-order chi connectivity index (χ0) is 16.6. The monoisotopic (exact) mass is 335 g/mol. The highest BCUT2D eigenvalue weighted by atomic mass is 32.2. The molecule has 0 radical (unpaired) electrons. The number of rotatable bonds is 8. The molecule has 2 aromatic carbocycles. The van der Waals surface area contributed by atoms with Crippen LogP contribution in [0.4, 0.5) is 0 Å². The van der Waals surface area contributed by atoms with Gasteiger partial charge in [-0.3, -0.25) is 4.57 Å². The van der Waals surface area contributed by atoms with Gasteiger partial charge in [-0.25, -0.2) is 0 Å². The van der Waals surface area contributed by atoms with Crippen LogP contribution in [-0.2, 0) is 13.0 Å². The molecule has 122 valence electrons. The highest BCUT2D eigenvalue weighted by molar-refractivity contribution is 7.99. The molecule has 1 aromatic heterocycles.